The third-order valence-electron chi connectivity index (χ3n) is 6.35. The SMILES string of the molecule is O=C(CCC1Cc2ccccc2NC1=O)Nc1cccc(-c2nnc3n2CCCCC3)c1. The number of rotatable bonds is 5. The van der Waals surface area contributed by atoms with Gasteiger partial charge in [0.2, 0.25) is 11.8 Å². The Hall–Kier alpha value is -3.48. The van der Waals surface area contributed by atoms with Crippen LogP contribution in [0.1, 0.15) is 43.5 Å². The number of anilines is 2. The van der Waals surface area contributed by atoms with Crippen molar-refractivity contribution in [3.8, 4) is 11.4 Å². The fourth-order valence-electron chi connectivity index (χ4n) is 4.61. The summed E-state index contributed by atoms with van der Waals surface area (Å²) in [5, 5.41) is 14.7. The molecular weight excluding hydrogens is 402 g/mol. The molecule has 2 aromatic carbocycles. The molecule has 2 aliphatic heterocycles. The van der Waals surface area contributed by atoms with E-state index >= 15 is 0 Å². The summed E-state index contributed by atoms with van der Waals surface area (Å²) in [4.78, 5) is 25.0. The molecular formula is C25H27N5O2. The van der Waals surface area contributed by atoms with Crippen molar-refractivity contribution in [3.05, 3.63) is 59.9 Å². The predicted molar refractivity (Wildman–Crippen MR) is 123 cm³/mol. The van der Waals surface area contributed by atoms with Gasteiger partial charge < -0.3 is 15.2 Å². The highest BCUT2D eigenvalue weighted by molar-refractivity contribution is 5.96. The van der Waals surface area contributed by atoms with Crippen molar-refractivity contribution in [2.45, 2.75) is 51.5 Å². The smallest absolute Gasteiger partial charge is 0.227 e. The van der Waals surface area contributed by atoms with Gasteiger partial charge in [-0.1, -0.05) is 36.8 Å². The zero-order valence-electron chi connectivity index (χ0n) is 18.0. The summed E-state index contributed by atoms with van der Waals surface area (Å²) in [5.74, 6) is 1.61. The highest BCUT2D eigenvalue weighted by Crippen LogP contribution is 2.28. The predicted octanol–water partition coefficient (Wildman–Crippen LogP) is 4.20. The summed E-state index contributed by atoms with van der Waals surface area (Å²) in [5.41, 5.74) is 3.68. The van der Waals surface area contributed by atoms with E-state index in [2.05, 4.69) is 25.4 Å². The molecule has 164 valence electrons. The van der Waals surface area contributed by atoms with Crippen LogP contribution in [0.2, 0.25) is 0 Å². The molecule has 1 unspecified atom stereocenters. The molecule has 0 radical (unpaired) electrons. The van der Waals surface area contributed by atoms with Crippen molar-refractivity contribution < 1.29 is 9.59 Å². The molecule has 1 atom stereocenters. The molecule has 32 heavy (non-hydrogen) atoms. The number of amides is 2. The van der Waals surface area contributed by atoms with Crippen LogP contribution >= 0.6 is 0 Å². The van der Waals surface area contributed by atoms with Crippen LogP contribution in [-0.4, -0.2) is 26.6 Å². The molecule has 3 aromatic rings. The van der Waals surface area contributed by atoms with Gasteiger partial charge in [-0.3, -0.25) is 9.59 Å². The second kappa shape index (κ2) is 8.94. The van der Waals surface area contributed by atoms with Crippen LogP contribution in [-0.2, 0) is 29.0 Å². The first kappa shape index (κ1) is 20.4. The van der Waals surface area contributed by atoms with Crippen LogP contribution in [0.5, 0.6) is 0 Å². The van der Waals surface area contributed by atoms with Gasteiger partial charge in [0.15, 0.2) is 5.82 Å². The number of nitrogens with zero attached hydrogens (tertiary/aromatic N) is 3. The van der Waals surface area contributed by atoms with Crippen molar-refractivity contribution in [2.75, 3.05) is 10.6 Å². The Morgan fingerprint density at radius 2 is 2.00 bits per heavy atom. The third kappa shape index (κ3) is 4.28. The minimum atomic E-state index is -0.187. The van der Waals surface area contributed by atoms with E-state index in [9.17, 15) is 9.59 Å². The quantitative estimate of drug-likeness (QED) is 0.636. The number of carbonyl (C=O) groups excluding carboxylic acids is 2. The molecule has 0 spiro atoms. The zero-order chi connectivity index (χ0) is 21.9. The average Bonchev–Trinajstić information content (AvgIpc) is 3.06. The number of aromatic nitrogens is 3. The summed E-state index contributed by atoms with van der Waals surface area (Å²) in [6.45, 7) is 0.931. The maximum atomic E-state index is 12.6. The minimum absolute atomic E-state index is 0.00834. The van der Waals surface area contributed by atoms with E-state index < -0.39 is 0 Å². The van der Waals surface area contributed by atoms with Crippen molar-refractivity contribution in [2.24, 2.45) is 5.92 Å². The van der Waals surface area contributed by atoms with Crippen LogP contribution in [0.15, 0.2) is 48.5 Å². The number of fused-ring (bicyclic) bond motifs is 2. The Labute approximate surface area is 187 Å². The van der Waals surface area contributed by atoms with Crippen molar-refractivity contribution in [3.63, 3.8) is 0 Å². The van der Waals surface area contributed by atoms with Crippen LogP contribution < -0.4 is 10.6 Å². The Morgan fingerprint density at radius 3 is 2.94 bits per heavy atom. The maximum absolute atomic E-state index is 12.6. The number of benzene rings is 2. The third-order valence-corrected chi connectivity index (χ3v) is 6.35. The molecule has 1 aromatic heterocycles. The van der Waals surface area contributed by atoms with E-state index in [1.54, 1.807) is 0 Å². The first-order chi connectivity index (χ1) is 15.7. The molecule has 7 nitrogen and oxygen atoms in total. The zero-order valence-corrected chi connectivity index (χ0v) is 18.0. The minimum Gasteiger partial charge on any atom is -0.326 e. The fourth-order valence-corrected chi connectivity index (χ4v) is 4.61. The molecule has 0 saturated carbocycles. The van der Waals surface area contributed by atoms with Crippen LogP contribution in [0.3, 0.4) is 0 Å². The van der Waals surface area contributed by atoms with Gasteiger partial charge in [-0.2, -0.15) is 0 Å². The van der Waals surface area contributed by atoms with Gasteiger partial charge in [0.1, 0.15) is 5.82 Å². The van der Waals surface area contributed by atoms with Crippen LogP contribution in [0.25, 0.3) is 11.4 Å². The van der Waals surface area contributed by atoms with Gasteiger partial charge in [-0.25, -0.2) is 0 Å². The van der Waals surface area contributed by atoms with Gasteiger partial charge in [-0.05, 0) is 49.4 Å². The van der Waals surface area contributed by atoms with E-state index in [-0.39, 0.29) is 17.7 Å². The van der Waals surface area contributed by atoms with E-state index in [0.29, 0.717) is 19.3 Å². The van der Waals surface area contributed by atoms with Crippen molar-refractivity contribution in [1.29, 1.82) is 0 Å². The fraction of sp³-hybridized carbons (Fsp3) is 0.360. The van der Waals surface area contributed by atoms with Crippen LogP contribution in [0, 0.1) is 5.92 Å². The summed E-state index contributed by atoms with van der Waals surface area (Å²) in [6.07, 6.45) is 5.94. The largest absolute Gasteiger partial charge is 0.326 e. The topological polar surface area (TPSA) is 88.9 Å². The Balaban J connectivity index is 1.22. The van der Waals surface area contributed by atoms with Gasteiger partial charge in [-0.15, -0.1) is 10.2 Å². The summed E-state index contributed by atoms with van der Waals surface area (Å²) >= 11 is 0. The number of aryl methyl sites for hydroxylation is 1. The Kier molecular flexibility index (Phi) is 5.71. The standard InChI is InChI=1S/C25H27N5O2/c31-23(13-12-19-15-17-7-3-4-10-21(17)27-25(19)32)26-20-9-6-8-18(16-20)24-29-28-22-11-2-1-5-14-30(22)24/h3-4,6-10,16,19H,1-2,5,11-15H2,(H,26,31)(H,27,32). The van der Waals surface area contributed by atoms with Gasteiger partial charge in [0.05, 0.1) is 0 Å². The Morgan fingerprint density at radius 1 is 1.09 bits per heavy atom. The molecule has 0 fully saturated rings. The number of nitrogens with one attached hydrogen (secondary N) is 2. The monoisotopic (exact) mass is 429 g/mol. The second-order valence-corrected chi connectivity index (χ2v) is 8.62. The number of hydrogen-bond donors (Lipinski definition) is 2. The molecule has 0 bridgehead atoms. The maximum Gasteiger partial charge on any atom is 0.227 e. The molecule has 7 heteroatoms. The van der Waals surface area contributed by atoms with Crippen LogP contribution in [0.4, 0.5) is 11.4 Å². The highest BCUT2D eigenvalue weighted by atomic mass is 16.2. The van der Waals surface area contributed by atoms with E-state index in [1.165, 1.54) is 6.42 Å². The Bertz CT molecular complexity index is 1150. The molecule has 0 saturated heterocycles. The van der Waals surface area contributed by atoms with E-state index in [1.807, 2.05) is 48.5 Å². The molecule has 2 N–H and O–H groups in total. The lowest BCUT2D eigenvalue weighted by atomic mass is 9.89. The first-order valence-corrected chi connectivity index (χ1v) is 11.4. The van der Waals surface area contributed by atoms with E-state index in [4.69, 9.17) is 0 Å². The lowest BCUT2D eigenvalue weighted by Gasteiger charge is -2.24. The summed E-state index contributed by atoms with van der Waals surface area (Å²) in [7, 11) is 0. The number of hydrogen-bond acceptors (Lipinski definition) is 4. The second-order valence-electron chi connectivity index (χ2n) is 8.62. The average molecular weight is 430 g/mol. The molecule has 2 amide bonds. The molecule has 3 heterocycles. The summed E-state index contributed by atoms with van der Waals surface area (Å²) in [6, 6.07) is 15.6. The highest BCUT2D eigenvalue weighted by Gasteiger charge is 2.26. The lowest BCUT2D eigenvalue weighted by molar-refractivity contribution is -0.121. The normalized spacial score (nSPS) is 17.6. The van der Waals surface area contributed by atoms with Gasteiger partial charge in [0, 0.05) is 42.2 Å². The van der Waals surface area contributed by atoms with Crippen molar-refractivity contribution in [1.82, 2.24) is 14.8 Å². The van der Waals surface area contributed by atoms with Gasteiger partial charge in [0.25, 0.3) is 0 Å². The molecule has 0 aliphatic carbocycles. The van der Waals surface area contributed by atoms with E-state index in [0.717, 1.165) is 60.0 Å². The number of carbonyl (C=O) groups is 2. The first-order valence-electron chi connectivity index (χ1n) is 11.4. The van der Waals surface area contributed by atoms with Crippen molar-refractivity contribution >= 4 is 23.2 Å². The molecule has 5 rings (SSSR count). The van der Waals surface area contributed by atoms with Gasteiger partial charge >= 0.3 is 0 Å². The number of para-hydroxylation sites is 1. The summed E-state index contributed by atoms with van der Waals surface area (Å²) < 4.78 is 2.20. The lowest BCUT2D eigenvalue weighted by Crippen LogP contribution is -2.30. The molecule has 2 aliphatic rings.